The highest BCUT2D eigenvalue weighted by Crippen LogP contribution is 2.09. The molecule has 1 aromatic carbocycles. The van der Waals surface area contributed by atoms with Crippen molar-refractivity contribution < 1.29 is 33.1 Å². The number of hydrogen-bond acceptors (Lipinski definition) is 6. The van der Waals surface area contributed by atoms with Crippen molar-refractivity contribution in [2.75, 3.05) is 13.8 Å². The number of ether oxygens (including phenoxy) is 1. The molecule has 0 aliphatic heterocycles. The first-order valence-electron chi connectivity index (χ1n) is 9.82. The van der Waals surface area contributed by atoms with E-state index in [4.69, 9.17) is 0 Å². The number of nitrogens with one attached hydrogen (secondary N) is 3. The fourth-order valence-electron chi connectivity index (χ4n) is 2.61. The van der Waals surface area contributed by atoms with Gasteiger partial charge in [0.25, 0.3) is 5.91 Å². The Morgan fingerprint density at radius 2 is 1.56 bits per heavy atom. The summed E-state index contributed by atoms with van der Waals surface area (Å²) in [5.74, 6) is -3.93. The summed E-state index contributed by atoms with van der Waals surface area (Å²) in [7, 11) is 1.10. The van der Waals surface area contributed by atoms with E-state index in [2.05, 4.69) is 43.3 Å². The number of amides is 3. The number of carbonyl (C=O) groups excluding carboxylic acids is 5. The zero-order valence-corrected chi connectivity index (χ0v) is 20.4. The summed E-state index contributed by atoms with van der Waals surface area (Å²) in [4.78, 5) is 60.7. The normalized spacial score (nSPS) is 13.5. The predicted molar refractivity (Wildman–Crippen MR) is 122 cm³/mol. The van der Waals surface area contributed by atoms with Gasteiger partial charge in [0.05, 0.1) is 13.5 Å². The van der Waals surface area contributed by atoms with Crippen LogP contribution in [-0.2, 0) is 23.9 Å². The molecule has 3 atom stereocenters. The van der Waals surface area contributed by atoms with E-state index < -0.39 is 60.7 Å². The Morgan fingerprint density at radius 1 is 0.969 bits per heavy atom. The number of alkyl halides is 1. The first-order chi connectivity index (χ1) is 15.0. The maximum atomic E-state index is 12.8. The lowest BCUT2D eigenvalue weighted by molar-refractivity contribution is -0.143. The van der Waals surface area contributed by atoms with Gasteiger partial charge in [-0.1, -0.05) is 13.8 Å². The van der Waals surface area contributed by atoms with Crippen LogP contribution in [0, 0.1) is 9.49 Å². The van der Waals surface area contributed by atoms with Crippen LogP contribution in [0.4, 0.5) is 4.39 Å². The van der Waals surface area contributed by atoms with Gasteiger partial charge in [0.2, 0.25) is 11.8 Å². The van der Waals surface area contributed by atoms with Crippen molar-refractivity contribution in [3.63, 3.8) is 0 Å². The van der Waals surface area contributed by atoms with Gasteiger partial charge in [-0.3, -0.25) is 24.0 Å². The quantitative estimate of drug-likeness (QED) is 0.274. The molecule has 0 saturated carbocycles. The zero-order valence-electron chi connectivity index (χ0n) is 18.2. The molecule has 32 heavy (non-hydrogen) atoms. The summed E-state index contributed by atoms with van der Waals surface area (Å²) in [6.07, 6.45) is -0.535. The van der Waals surface area contributed by atoms with Gasteiger partial charge < -0.3 is 20.7 Å². The molecule has 0 radical (unpaired) electrons. The first kappa shape index (κ1) is 27.5. The molecular formula is C21H27FIN3O6. The smallest absolute Gasteiger partial charge is 0.308 e. The molecule has 3 amide bonds. The standard InChI is InChI=1S/C21H27FIN3O6/c1-11(2)18(26-20(30)13-5-7-14(23)8-6-13)21(31)24-12(3)19(29)25-15(16(27)10-22)9-17(28)32-4/h5-8,11-12,15,18H,9-10H2,1-4H3,(H,24,31)(H,25,29)(H,26,30). The second-order valence-electron chi connectivity index (χ2n) is 7.37. The summed E-state index contributed by atoms with van der Waals surface area (Å²) in [6.45, 7) is 3.45. The number of Topliss-reactive ketones (excluding diaryl/α,β-unsaturated/α-hetero) is 1. The largest absolute Gasteiger partial charge is 0.469 e. The van der Waals surface area contributed by atoms with Gasteiger partial charge in [0.1, 0.15) is 24.8 Å². The number of methoxy groups -OCH3 is 1. The number of rotatable bonds is 11. The topological polar surface area (TPSA) is 131 Å². The van der Waals surface area contributed by atoms with E-state index in [9.17, 15) is 28.4 Å². The predicted octanol–water partition coefficient (Wildman–Crippen LogP) is 1.14. The van der Waals surface area contributed by atoms with Crippen molar-refractivity contribution in [2.24, 2.45) is 5.92 Å². The number of esters is 1. The molecule has 0 bridgehead atoms. The fraction of sp³-hybridized carbons (Fsp3) is 0.476. The Labute approximate surface area is 199 Å². The van der Waals surface area contributed by atoms with Gasteiger partial charge in [-0.25, -0.2) is 4.39 Å². The zero-order chi connectivity index (χ0) is 24.4. The summed E-state index contributed by atoms with van der Waals surface area (Å²) in [6, 6.07) is 3.31. The molecule has 1 aromatic rings. The van der Waals surface area contributed by atoms with E-state index in [0.29, 0.717) is 5.56 Å². The minimum atomic E-state index is -1.42. The Kier molecular flexibility index (Phi) is 11.2. The van der Waals surface area contributed by atoms with Crippen molar-refractivity contribution >= 4 is 52.1 Å². The molecule has 0 aromatic heterocycles. The maximum Gasteiger partial charge on any atom is 0.308 e. The number of ketones is 1. The third-order valence-electron chi connectivity index (χ3n) is 4.53. The third-order valence-corrected chi connectivity index (χ3v) is 5.25. The van der Waals surface area contributed by atoms with Crippen LogP contribution in [0.3, 0.4) is 0 Å². The lowest BCUT2D eigenvalue weighted by Gasteiger charge is -2.24. The van der Waals surface area contributed by atoms with Crippen LogP contribution in [0.5, 0.6) is 0 Å². The number of halogens is 2. The monoisotopic (exact) mass is 563 g/mol. The Morgan fingerprint density at radius 3 is 2.06 bits per heavy atom. The minimum Gasteiger partial charge on any atom is -0.469 e. The van der Waals surface area contributed by atoms with Crippen LogP contribution in [0.25, 0.3) is 0 Å². The Bertz CT molecular complexity index is 846. The molecular weight excluding hydrogens is 536 g/mol. The summed E-state index contributed by atoms with van der Waals surface area (Å²) in [5, 5.41) is 7.36. The molecule has 0 fully saturated rings. The number of hydrogen-bond donors (Lipinski definition) is 3. The van der Waals surface area contributed by atoms with Crippen LogP contribution in [-0.4, -0.2) is 61.4 Å². The van der Waals surface area contributed by atoms with Crippen molar-refractivity contribution in [2.45, 2.75) is 45.3 Å². The SMILES string of the molecule is COC(=O)CC(NC(=O)C(C)NC(=O)C(NC(=O)c1ccc(I)cc1)C(C)C)C(=O)CF. The molecule has 9 nitrogen and oxygen atoms in total. The maximum absolute atomic E-state index is 12.8. The van der Waals surface area contributed by atoms with Crippen LogP contribution >= 0.6 is 22.6 Å². The van der Waals surface area contributed by atoms with Crippen molar-refractivity contribution in [1.82, 2.24) is 16.0 Å². The van der Waals surface area contributed by atoms with E-state index in [0.717, 1.165) is 10.7 Å². The van der Waals surface area contributed by atoms with E-state index in [1.54, 1.807) is 38.1 Å². The highest BCUT2D eigenvalue weighted by molar-refractivity contribution is 14.1. The van der Waals surface area contributed by atoms with Crippen LogP contribution < -0.4 is 16.0 Å². The van der Waals surface area contributed by atoms with Gasteiger partial charge in [-0.05, 0) is 59.7 Å². The Balaban J connectivity index is 2.80. The van der Waals surface area contributed by atoms with Crippen molar-refractivity contribution in [3.8, 4) is 0 Å². The Hall–Kier alpha value is -2.57. The molecule has 11 heteroatoms. The highest BCUT2D eigenvalue weighted by Gasteiger charge is 2.30. The average Bonchev–Trinajstić information content (AvgIpc) is 2.75. The minimum absolute atomic E-state index is 0.293. The third kappa shape index (κ3) is 8.52. The van der Waals surface area contributed by atoms with Gasteiger partial charge in [0, 0.05) is 9.13 Å². The molecule has 0 heterocycles. The summed E-state index contributed by atoms with van der Waals surface area (Å²) < 4.78 is 18.2. The molecule has 1 rings (SSSR count). The van der Waals surface area contributed by atoms with Gasteiger partial charge in [-0.15, -0.1) is 0 Å². The first-order valence-corrected chi connectivity index (χ1v) is 10.9. The lowest BCUT2D eigenvalue weighted by Crippen LogP contribution is -2.56. The van der Waals surface area contributed by atoms with E-state index in [1.807, 2.05) is 0 Å². The van der Waals surface area contributed by atoms with E-state index >= 15 is 0 Å². The molecule has 3 N–H and O–H groups in total. The molecule has 0 saturated heterocycles. The molecule has 0 aliphatic rings. The average molecular weight is 563 g/mol. The molecule has 0 aliphatic carbocycles. The summed E-state index contributed by atoms with van der Waals surface area (Å²) in [5.41, 5.74) is 0.380. The second kappa shape index (κ2) is 13.1. The fourth-order valence-corrected chi connectivity index (χ4v) is 2.97. The van der Waals surface area contributed by atoms with Gasteiger partial charge in [0.15, 0.2) is 5.78 Å². The summed E-state index contributed by atoms with van der Waals surface area (Å²) >= 11 is 2.11. The van der Waals surface area contributed by atoms with Crippen LogP contribution in [0.1, 0.15) is 37.6 Å². The van der Waals surface area contributed by atoms with Gasteiger partial charge in [-0.2, -0.15) is 0 Å². The van der Waals surface area contributed by atoms with Gasteiger partial charge >= 0.3 is 5.97 Å². The molecule has 176 valence electrons. The number of carbonyl (C=O) groups is 5. The van der Waals surface area contributed by atoms with E-state index in [-0.39, 0.29) is 5.92 Å². The number of benzene rings is 1. The van der Waals surface area contributed by atoms with Crippen molar-refractivity contribution in [3.05, 3.63) is 33.4 Å². The van der Waals surface area contributed by atoms with Crippen molar-refractivity contribution in [1.29, 1.82) is 0 Å². The second-order valence-corrected chi connectivity index (χ2v) is 8.62. The van der Waals surface area contributed by atoms with Crippen LogP contribution in [0.2, 0.25) is 0 Å². The van der Waals surface area contributed by atoms with Crippen LogP contribution in [0.15, 0.2) is 24.3 Å². The molecule has 3 unspecified atom stereocenters. The lowest BCUT2D eigenvalue weighted by atomic mass is 10.0. The van der Waals surface area contributed by atoms with E-state index in [1.165, 1.54) is 6.92 Å². The highest BCUT2D eigenvalue weighted by atomic mass is 127. The molecule has 0 spiro atoms.